The highest BCUT2D eigenvalue weighted by Crippen LogP contribution is 2.68. The Morgan fingerprint density at radius 2 is 1.81 bits per heavy atom. The van der Waals surface area contributed by atoms with E-state index in [0.29, 0.717) is 28.4 Å². The van der Waals surface area contributed by atoms with Gasteiger partial charge in [-0.3, -0.25) is 4.79 Å². The lowest BCUT2D eigenvalue weighted by atomic mass is 9.44. The highest BCUT2D eigenvalue weighted by Gasteiger charge is 2.60. The van der Waals surface area contributed by atoms with Gasteiger partial charge in [-0.1, -0.05) is 20.8 Å². The van der Waals surface area contributed by atoms with Crippen LogP contribution in [0, 0.1) is 46.3 Å². The molecule has 4 saturated carbocycles. The third-order valence-corrected chi connectivity index (χ3v) is 9.98. The summed E-state index contributed by atoms with van der Waals surface area (Å²) in [7, 11) is 0. The van der Waals surface area contributed by atoms with Gasteiger partial charge in [-0.05, 0) is 97.7 Å². The van der Waals surface area contributed by atoms with Gasteiger partial charge in [0.15, 0.2) is 0 Å². The number of carbonyl (C=O) groups is 2. The number of rotatable bonds is 4. The van der Waals surface area contributed by atoms with Crippen molar-refractivity contribution >= 4 is 12.1 Å². The molecule has 0 aromatic carbocycles. The molecule has 0 aliphatic heterocycles. The molecule has 4 rings (SSSR count). The lowest BCUT2D eigenvalue weighted by Gasteiger charge is -2.60. The molecule has 2 nitrogen and oxygen atoms in total. The van der Waals surface area contributed by atoms with E-state index in [1.54, 1.807) is 0 Å². The van der Waals surface area contributed by atoms with Crippen LogP contribution in [-0.2, 0) is 9.59 Å². The first-order valence-corrected chi connectivity index (χ1v) is 11.4. The monoisotopic (exact) mass is 358 g/mol. The van der Waals surface area contributed by atoms with Crippen LogP contribution >= 0.6 is 0 Å². The predicted octanol–water partition coefficient (Wildman–Crippen LogP) is 5.83. The van der Waals surface area contributed by atoms with E-state index < -0.39 is 0 Å². The van der Waals surface area contributed by atoms with Gasteiger partial charge in [0.05, 0.1) is 0 Å². The van der Waals surface area contributed by atoms with E-state index in [2.05, 4.69) is 20.8 Å². The molecule has 0 aromatic heterocycles. The summed E-state index contributed by atoms with van der Waals surface area (Å²) in [5.41, 5.74) is 0.927. The van der Waals surface area contributed by atoms with Crippen molar-refractivity contribution in [3.8, 4) is 0 Å². The second-order valence-corrected chi connectivity index (χ2v) is 10.8. The van der Waals surface area contributed by atoms with Crippen molar-refractivity contribution in [3.63, 3.8) is 0 Å². The molecule has 0 amide bonds. The van der Waals surface area contributed by atoms with Crippen molar-refractivity contribution in [1.29, 1.82) is 0 Å². The minimum absolute atomic E-state index is 0.430. The Hall–Kier alpha value is -0.660. The fraction of sp³-hybridized carbons (Fsp3) is 0.917. The maximum atomic E-state index is 12.0. The third-order valence-electron chi connectivity index (χ3n) is 9.98. The number of carbonyl (C=O) groups excluding carboxylic acids is 2. The first-order chi connectivity index (χ1) is 12.4. The summed E-state index contributed by atoms with van der Waals surface area (Å²) in [6.07, 6.45) is 14.0. The van der Waals surface area contributed by atoms with Crippen molar-refractivity contribution < 1.29 is 9.59 Å². The first-order valence-electron chi connectivity index (χ1n) is 11.4. The van der Waals surface area contributed by atoms with Gasteiger partial charge in [-0.15, -0.1) is 0 Å². The van der Waals surface area contributed by atoms with Crippen LogP contribution in [0.2, 0.25) is 0 Å². The van der Waals surface area contributed by atoms with Crippen LogP contribution in [0.25, 0.3) is 0 Å². The van der Waals surface area contributed by atoms with Crippen molar-refractivity contribution in [2.45, 2.75) is 91.4 Å². The Balaban J connectivity index is 1.54. The number of ketones is 1. The average molecular weight is 359 g/mol. The Kier molecular flexibility index (Phi) is 4.85. The molecule has 0 N–H and O–H groups in total. The van der Waals surface area contributed by atoms with Crippen LogP contribution < -0.4 is 0 Å². The molecule has 4 aliphatic carbocycles. The summed E-state index contributed by atoms with van der Waals surface area (Å²) in [6.45, 7) is 7.55. The Labute approximate surface area is 159 Å². The zero-order chi connectivity index (χ0) is 18.5. The van der Waals surface area contributed by atoms with Gasteiger partial charge in [0.25, 0.3) is 0 Å². The average Bonchev–Trinajstić information content (AvgIpc) is 2.97. The van der Waals surface area contributed by atoms with Gasteiger partial charge in [0.2, 0.25) is 0 Å². The van der Waals surface area contributed by atoms with E-state index in [0.717, 1.165) is 62.1 Å². The van der Waals surface area contributed by atoms with Gasteiger partial charge < -0.3 is 4.79 Å². The minimum atomic E-state index is 0.430. The van der Waals surface area contributed by atoms with Crippen molar-refractivity contribution in [2.24, 2.45) is 46.3 Å². The standard InChI is InChI=1S/C24H38O2/c1-16(5-4-14-25)20-8-9-21-19-7-6-17-15-18(26)10-12-23(17,2)22(19)11-13-24(20,21)3/h14,16-17,19-22H,4-13,15H2,1-3H3. The van der Waals surface area contributed by atoms with Crippen LogP contribution in [0.15, 0.2) is 0 Å². The van der Waals surface area contributed by atoms with Gasteiger partial charge in [-0.2, -0.15) is 0 Å². The van der Waals surface area contributed by atoms with Crippen LogP contribution in [0.1, 0.15) is 91.4 Å². The van der Waals surface area contributed by atoms with Crippen molar-refractivity contribution in [2.75, 3.05) is 0 Å². The number of hydrogen-bond acceptors (Lipinski definition) is 2. The van der Waals surface area contributed by atoms with Crippen molar-refractivity contribution in [3.05, 3.63) is 0 Å². The summed E-state index contributed by atoms with van der Waals surface area (Å²) in [5, 5.41) is 0. The van der Waals surface area contributed by atoms with E-state index in [1.807, 2.05) is 0 Å². The zero-order valence-electron chi connectivity index (χ0n) is 17.1. The van der Waals surface area contributed by atoms with Crippen LogP contribution in [0.3, 0.4) is 0 Å². The molecule has 0 bridgehead atoms. The van der Waals surface area contributed by atoms with Crippen LogP contribution in [-0.4, -0.2) is 12.1 Å². The molecular formula is C24H38O2. The Morgan fingerprint density at radius 3 is 2.58 bits per heavy atom. The zero-order valence-corrected chi connectivity index (χ0v) is 17.1. The molecular weight excluding hydrogens is 320 g/mol. The summed E-state index contributed by atoms with van der Waals surface area (Å²) in [6, 6.07) is 0. The maximum absolute atomic E-state index is 12.0. The lowest BCUT2D eigenvalue weighted by Crippen LogP contribution is -2.53. The molecule has 0 radical (unpaired) electrons. The van der Waals surface area contributed by atoms with Crippen LogP contribution in [0.4, 0.5) is 0 Å². The van der Waals surface area contributed by atoms with E-state index in [1.165, 1.54) is 38.5 Å². The molecule has 4 aliphatic rings. The molecule has 8 unspecified atom stereocenters. The van der Waals surface area contributed by atoms with Gasteiger partial charge >= 0.3 is 0 Å². The molecule has 8 atom stereocenters. The SMILES string of the molecule is CC(CCC=O)C1CCC2C3CCC4CC(=O)CCC4(C)C3CCC12C. The maximum Gasteiger partial charge on any atom is 0.133 e. The second-order valence-electron chi connectivity index (χ2n) is 10.8. The highest BCUT2D eigenvalue weighted by atomic mass is 16.1. The number of hydrogen-bond donors (Lipinski definition) is 0. The highest BCUT2D eigenvalue weighted by molar-refractivity contribution is 5.79. The molecule has 0 saturated heterocycles. The Bertz CT molecular complexity index is 569. The number of Topliss-reactive ketones (excluding diaryl/α,β-unsaturated/α-hetero) is 1. The number of aldehydes is 1. The second kappa shape index (κ2) is 6.74. The largest absolute Gasteiger partial charge is 0.303 e. The summed E-state index contributed by atoms with van der Waals surface area (Å²) >= 11 is 0. The number of fused-ring (bicyclic) bond motifs is 5. The topological polar surface area (TPSA) is 34.1 Å². The summed E-state index contributed by atoms with van der Waals surface area (Å²) in [5.74, 6) is 5.33. The first kappa shape index (κ1) is 18.7. The predicted molar refractivity (Wildman–Crippen MR) is 105 cm³/mol. The van der Waals surface area contributed by atoms with E-state index in [9.17, 15) is 9.59 Å². The normalized spacial score (nSPS) is 49.0. The minimum Gasteiger partial charge on any atom is -0.303 e. The molecule has 4 fully saturated rings. The van der Waals surface area contributed by atoms with Gasteiger partial charge in [0, 0.05) is 19.3 Å². The molecule has 0 aromatic rings. The molecule has 26 heavy (non-hydrogen) atoms. The van der Waals surface area contributed by atoms with E-state index >= 15 is 0 Å². The van der Waals surface area contributed by atoms with E-state index in [4.69, 9.17) is 0 Å². The fourth-order valence-corrected chi connectivity index (χ4v) is 8.55. The quantitative estimate of drug-likeness (QED) is 0.593. The van der Waals surface area contributed by atoms with Crippen molar-refractivity contribution in [1.82, 2.24) is 0 Å². The molecule has 0 spiro atoms. The molecule has 146 valence electrons. The van der Waals surface area contributed by atoms with Crippen LogP contribution in [0.5, 0.6) is 0 Å². The summed E-state index contributed by atoms with van der Waals surface area (Å²) < 4.78 is 0. The fourth-order valence-electron chi connectivity index (χ4n) is 8.55. The van der Waals surface area contributed by atoms with E-state index in [-0.39, 0.29) is 0 Å². The third kappa shape index (κ3) is 2.73. The summed E-state index contributed by atoms with van der Waals surface area (Å²) in [4.78, 5) is 22.9. The molecule has 0 heterocycles. The van der Waals surface area contributed by atoms with Gasteiger partial charge in [-0.25, -0.2) is 0 Å². The molecule has 2 heteroatoms. The Morgan fingerprint density at radius 1 is 1.04 bits per heavy atom. The van der Waals surface area contributed by atoms with Gasteiger partial charge in [0.1, 0.15) is 12.1 Å². The lowest BCUT2D eigenvalue weighted by molar-refractivity contribution is -0.140. The smallest absolute Gasteiger partial charge is 0.133 e.